The monoisotopic (exact) mass is 382 g/mol. The molecule has 0 bridgehead atoms. The number of aliphatic hydroxyl groups excluding tert-OH is 1. The molecule has 0 unspecified atom stereocenters. The van der Waals surface area contributed by atoms with E-state index in [2.05, 4.69) is 11.7 Å². The van der Waals surface area contributed by atoms with E-state index in [4.69, 9.17) is 0 Å². The molecule has 0 aliphatic heterocycles. The average molecular weight is 383 g/mol. The van der Waals surface area contributed by atoms with Gasteiger partial charge in [-0.25, -0.2) is 0 Å². The first kappa shape index (κ1) is 23.8. The number of esters is 1. The fraction of sp³-hybridized carbons (Fsp3) is 0.818. The highest BCUT2D eigenvalue weighted by atomic mass is 16.5. The largest absolute Gasteiger partial charge is 0.469 e. The molecule has 0 radical (unpaired) electrons. The van der Waals surface area contributed by atoms with E-state index in [1.807, 2.05) is 19.1 Å². The second-order valence-electron chi connectivity index (χ2n) is 8.18. The fourth-order valence-electron chi connectivity index (χ4n) is 3.82. The third-order valence-electron chi connectivity index (χ3n) is 5.59. The number of rotatable bonds is 13. The number of Topliss-reactive ketones (excluding diaryl/α,β-unsaturated/α-hetero) is 1. The molecule has 5 nitrogen and oxygen atoms in total. The highest BCUT2D eigenvalue weighted by molar-refractivity contribution is 5.84. The van der Waals surface area contributed by atoms with Crippen LogP contribution in [0, 0.1) is 11.8 Å². The number of hydrogen-bond acceptors (Lipinski definition) is 5. The predicted octanol–water partition coefficient (Wildman–Crippen LogP) is 3.95. The van der Waals surface area contributed by atoms with Gasteiger partial charge in [0.05, 0.1) is 18.8 Å². The van der Waals surface area contributed by atoms with Crippen molar-refractivity contribution in [2.24, 2.45) is 11.8 Å². The first-order valence-corrected chi connectivity index (χ1v) is 10.5. The quantitative estimate of drug-likeness (QED) is 0.286. The molecule has 1 rings (SSSR count). The molecule has 5 heteroatoms. The van der Waals surface area contributed by atoms with E-state index in [1.54, 1.807) is 0 Å². The van der Waals surface area contributed by atoms with Crippen LogP contribution < -0.4 is 0 Å². The fourth-order valence-corrected chi connectivity index (χ4v) is 3.82. The first-order valence-electron chi connectivity index (χ1n) is 10.5. The van der Waals surface area contributed by atoms with Gasteiger partial charge in [-0.05, 0) is 32.6 Å². The lowest BCUT2D eigenvalue weighted by Gasteiger charge is -2.22. The van der Waals surface area contributed by atoms with Crippen LogP contribution >= 0.6 is 0 Å². The van der Waals surface area contributed by atoms with Crippen LogP contribution in [-0.4, -0.2) is 40.8 Å². The average Bonchev–Trinajstić information content (AvgIpc) is 2.89. The minimum Gasteiger partial charge on any atom is -0.469 e. The molecule has 4 atom stereocenters. The van der Waals surface area contributed by atoms with Gasteiger partial charge in [-0.3, -0.25) is 9.59 Å². The van der Waals surface area contributed by atoms with Gasteiger partial charge in [0.2, 0.25) is 0 Å². The Bertz CT molecular complexity index is 483. The van der Waals surface area contributed by atoms with E-state index < -0.39 is 11.7 Å². The Morgan fingerprint density at radius 2 is 1.96 bits per heavy atom. The number of aliphatic hydroxyl groups is 2. The van der Waals surface area contributed by atoms with Crippen molar-refractivity contribution < 1.29 is 24.5 Å². The number of unbranched alkanes of at least 4 members (excludes halogenated alkanes) is 4. The molecule has 0 heterocycles. The van der Waals surface area contributed by atoms with E-state index in [9.17, 15) is 19.8 Å². The Balaban J connectivity index is 2.42. The number of carbonyl (C=O) groups is 2. The lowest BCUT2D eigenvalue weighted by molar-refractivity contribution is -0.140. The van der Waals surface area contributed by atoms with E-state index in [0.717, 1.165) is 51.4 Å². The van der Waals surface area contributed by atoms with E-state index >= 15 is 0 Å². The molecule has 156 valence electrons. The Labute approximate surface area is 164 Å². The summed E-state index contributed by atoms with van der Waals surface area (Å²) in [7, 11) is 1.40. The zero-order valence-electron chi connectivity index (χ0n) is 17.3. The number of ketones is 1. The van der Waals surface area contributed by atoms with Gasteiger partial charge >= 0.3 is 5.97 Å². The topological polar surface area (TPSA) is 83.8 Å². The molecule has 0 saturated heterocycles. The Hall–Kier alpha value is -1.20. The summed E-state index contributed by atoms with van der Waals surface area (Å²) in [6.07, 6.45) is 11.7. The molecule has 0 spiro atoms. The van der Waals surface area contributed by atoms with Crippen molar-refractivity contribution in [3.8, 4) is 0 Å². The summed E-state index contributed by atoms with van der Waals surface area (Å²) in [5.41, 5.74) is -0.727. The molecule has 1 aliphatic carbocycles. The van der Waals surface area contributed by atoms with Crippen LogP contribution in [0.15, 0.2) is 12.2 Å². The number of methoxy groups -OCH3 is 1. The molecule has 0 aromatic rings. The molecule has 2 N–H and O–H groups in total. The molecular weight excluding hydrogens is 344 g/mol. The van der Waals surface area contributed by atoms with Gasteiger partial charge in [0, 0.05) is 24.7 Å². The maximum atomic E-state index is 12.2. The number of hydrogen-bond donors (Lipinski definition) is 2. The van der Waals surface area contributed by atoms with Crippen LogP contribution in [0.5, 0.6) is 0 Å². The van der Waals surface area contributed by atoms with Crippen molar-refractivity contribution in [3.63, 3.8) is 0 Å². The van der Waals surface area contributed by atoms with Gasteiger partial charge in [0.25, 0.3) is 0 Å². The molecule has 27 heavy (non-hydrogen) atoms. The molecule has 0 amide bonds. The summed E-state index contributed by atoms with van der Waals surface area (Å²) < 4.78 is 4.62. The first-order chi connectivity index (χ1) is 12.8. The highest BCUT2D eigenvalue weighted by Gasteiger charge is 2.39. The van der Waals surface area contributed by atoms with Crippen molar-refractivity contribution in [2.75, 3.05) is 7.11 Å². The smallest absolute Gasteiger partial charge is 0.305 e. The van der Waals surface area contributed by atoms with Crippen molar-refractivity contribution in [2.45, 2.75) is 96.2 Å². The SMILES string of the molecule is CCCC[C@](C)(O)CC=C[C@@H]1[C@H](O)CC(=O)[C@H]1CCCCCCC(=O)OC. The standard InChI is InChI=1S/C22H38O5/c1-4-5-14-22(2,26)15-10-12-18-17(19(23)16-20(18)24)11-8-6-7-9-13-21(25)27-3/h10,12,17-18,20,24,26H,4-9,11,13-16H2,1-3H3/t17-,18-,20+,22-/m0/s1. The van der Waals surface area contributed by atoms with Crippen molar-refractivity contribution in [1.82, 2.24) is 0 Å². The van der Waals surface area contributed by atoms with Crippen molar-refractivity contribution in [1.29, 1.82) is 0 Å². The Morgan fingerprint density at radius 3 is 2.63 bits per heavy atom. The Kier molecular flexibility index (Phi) is 10.9. The summed E-state index contributed by atoms with van der Waals surface area (Å²) in [5.74, 6) is -0.305. The lowest BCUT2D eigenvalue weighted by Crippen LogP contribution is -2.23. The van der Waals surface area contributed by atoms with E-state index in [-0.39, 0.29) is 30.0 Å². The van der Waals surface area contributed by atoms with Crippen LogP contribution in [0.1, 0.15) is 84.5 Å². The minimum absolute atomic E-state index is 0.127. The number of ether oxygens (including phenoxy) is 1. The lowest BCUT2D eigenvalue weighted by atomic mass is 9.87. The third-order valence-corrected chi connectivity index (χ3v) is 5.59. The minimum atomic E-state index is -0.727. The van der Waals surface area contributed by atoms with Gasteiger partial charge in [0.1, 0.15) is 5.78 Å². The molecule has 0 aromatic heterocycles. The third kappa shape index (κ3) is 9.02. The molecule has 1 saturated carbocycles. The van der Waals surface area contributed by atoms with Gasteiger partial charge in [-0.2, -0.15) is 0 Å². The normalized spacial score (nSPS) is 25.1. The predicted molar refractivity (Wildman–Crippen MR) is 106 cm³/mol. The summed E-state index contributed by atoms with van der Waals surface area (Å²) in [6, 6.07) is 0. The zero-order valence-corrected chi connectivity index (χ0v) is 17.3. The highest BCUT2D eigenvalue weighted by Crippen LogP contribution is 2.34. The van der Waals surface area contributed by atoms with E-state index in [0.29, 0.717) is 12.8 Å². The van der Waals surface area contributed by atoms with Gasteiger partial charge in [-0.15, -0.1) is 0 Å². The zero-order chi connectivity index (χ0) is 20.3. The van der Waals surface area contributed by atoms with Crippen LogP contribution in [-0.2, 0) is 14.3 Å². The summed E-state index contributed by atoms with van der Waals surface area (Å²) in [5, 5.41) is 20.6. The van der Waals surface area contributed by atoms with Gasteiger partial charge in [0.15, 0.2) is 0 Å². The summed E-state index contributed by atoms with van der Waals surface area (Å²) >= 11 is 0. The Morgan fingerprint density at radius 1 is 1.26 bits per heavy atom. The maximum absolute atomic E-state index is 12.2. The summed E-state index contributed by atoms with van der Waals surface area (Å²) in [4.78, 5) is 23.3. The van der Waals surface area contributed by atoms with E-state index in [1.165, 1.54) is 7.11 Å². The van der Waals surface area contributed by atoms with Gasteiger partial charge in [-0.1, -0.05) is 51.2 Å². The molecule has 1 aliphatic rings. The molecule has 1 fully saturated rings. The molecule has 0 aromatic carbocycles. The van der Waals surface area contributed by atoms with Crippen LogP contribution in [0.4, 0.5) is 0 Å². The summed E-state index contributed by atoms with van der Waals surface area (Å²) in [6.45, 7) is 3.95. The van der Waals surface area contributed by atoms with Crippen molar-refractivity contribution in [3.05, 3.63) is 12.2 Å². The molecular formula is C22H38O5. The second kappa shape index (κ2) is 12.3. The number of carbonyl (C=O) groups excluding carboxylic acids is 2. The second-order valence-corrected chi connectivity index (χ2v) is 8.18. The van der Waals surface area contributed by atoms with Crippen LogP contribution in [0.3, 0.4) is 0 Å². The van der Waals surface area contributed by atoms with Crippen molar-refractivity contribution >= 4 is 11.8 Å². The van der Waals surface area contributed by atoms with Crippen LogP contribution in [0.2, 0.25) is 0 Å². The van der Waals surface area contributed by atoms with Crippen LogP contribution in [0.25, 0.3) is 0 Å². The van der Waals surface area contributed by atoms with Gasteiger partial charge < -0.3 is 14.9 Å². The maximum Gasteiger partial charge on any atom is 0.305 e.